The van der Waals surface area contributed by atoms with Crippen molar-refractivity contribution < 1.29 is 9.90 Å². The molecular weight excluding hydrogens is 326 g/mol. The standard InChI is InChI=1S/C21H23N3O2/c1-15-11-16(2)24(22-15)20-6-4-5-18(12-20)13-23(3)21(26)19-9-7-17(14-25)8-10-19/h4-12,25H,13-14H2,1-3H3. The molecule has 0 spiro atoms. The van der Waals surface area contributed by atoms with E-state index in [1.54, 1.807) is 36.2 Å². The second-order valence-electron chi connectivity index (χ2n) is 6.53. The average Bonchev–Trinajstić information content (AvgIpc) is 2.99. The van der Waals surface area contributed by atoms with Crippen LogP contribution in [-0.4, -0.2) is 32.7 Å². The van der Waals surface area contributed by atoms with Crippen molar-refractivity contribution in [3.63, 3.8) is 0 Å². The van der Waals surface area contributed by atoms with E-state index in [4.69, 9.17) is 5.11 Å². The van der Waals surface area contributed by atoms with Crippen LogP contribution >= 0.6 is 0 Å². The number of aryl methyl sites for hydroxylation is 2. The number of amides is 1. The van der Waals surface area contributed by atoms with E-state index in [1.165, 1.54) is 0 Å². The highest BCUT2D eigenvalue weighted by molar-refractivity contribution is 5.94. The Morgan fingerprint density at radius 1 is 1.08 bits per heavy atom. The third-order valence-corrected chi connectivity index (χ3v) is 4.31. The first kappa shape index (κ1) is 17.9. The Morgan fingerprint density at radius 3 is 2.42 bits per heavy atom. The average molecular weight is 349 g/mol. The van der Waals surface area contributed by atoms with E-state index in [2.05, 4.69) is 11.2 Å². The molecule has 1 aromatic heterocycles. The molecular formula is C21H23N3O2. The molecule has 0 saturated carbocycles. The molecule has 0 aliphatic heterocycles. The van der Waals surface area contributed by atoms with Crippen molar-refractivity contribution in [3.8, 4) is 5.69 Å². The van der Waals surface area contributed by atoms with Gasteiger partial charge in [0.25, 0.3) is 5.91 Å². The van der Waals surface area contributed by atoms with Crippen molar-refractivity contribution in [3.05, 3.63) is 82.7 Å². The molecule has 0 saturated heterocycles. The van der Waals surface area contributed by atoms with Crippen LogP contribution in [0.3, 0.4) is 0 Å². The van der Waals surface area contributed by atoms with E-state index in [1.807, 2.05) is 42.8 Å². The summed E-state index contributed by atoms with van der Waals surface area (Å²) in [5, 5.41) is 13.6. The van der Waals surface area contributed by atoms with Crippen LogP contribution in [0.2, 0.25) is 0 Å². The fourth-order valence-electron chi connectivity index (χ4n) is 3.00. The number of hydrogen-bond donors (Lipinski definition) is 1. The SMILES string of the molecule is Cc1cc(C)n(-c2cccc(CN(C)C(=O)c3ccc(CO)cc3)c2)n1. The van der Waals surface area contributed by atoms with Gasteiger partial charge in [0.1, 0.15) is 0 Å². The Kier molecular flexibility index (Phi) is 5.19. The van der Waals surface area contributed by atoms with Gasteiger partial charge in [0.2, 0.25) is 0 Å². The summed E-state index contributed by atoms with van der Waals surface area (Å²) in [5.74, 6) is -0.0500. The molecule has 5 nitrogen and oxygen atoms in total. The first-order chi connectivity index (χ1) is 12.5. The van der Waals surface area contributed by atoms with Gasteiger partial charge < -0.3 is 10.0 Å². The fourth-order valence-corrected chi connectivity index (χ4v) is 3.00. The number of carbonyl (C=O) groups excluding carboxylic acids is 1. The molecule has 0 bridgehead atoms. The lowest BCUT2D eigenvalue weighted by atomic mass is 10.1. The van der Waals surface area contributed by atoms with Gasteiger partial charge in [-0.1, -0.05) is 24.3 Å². The van der Waals surface area contributed by atoms with Crippen molar-refractivity contribution in [2.75, 3.05) is 7.05 Å². The predicted octanol–water partition coefficient (Wildman–Crippen LogP) is 3.25. The number of aliphatic hydroxyl groups excluding tert-OH is 1. The summed E-state index contributed by atoms with van der Waals surface area (Å²) in [7, 11) is 1.79. The molecule has 1 amide bonds. The Labute approximate surface area is 153 Å². The van der Waals surface area contributed by atoms with E-state index in [0.29, 0.717) is 12.1 Å². The lowest BCUT2D eigenvalue weighted by molar-refractivity contribution is 0.0785. The zero-order chi connectivity index (χ0) is 18.7. The largest absolute Gasteiger partial charge is 0.392 e. The molecule has 0 unspecified atom stereocenters. The van der Waals surface area contributed by atoms with Crippen LogP contribution in [0.25, 0.3) is 5.69 Å². The maximum Gasteiger partial charge on any atom is 0.253 e. The normalized spacial score (nSPS) is 10.8. The summed E-state index contributed by atoms with van der Waals surface area (Å²) in [4.78, 5) is 14.3. The van der Waals surface area contributed by atoms with Crippen LogP contribution in [0, 0.1) is 13.8 Å². The molecule has 2 aromatic carbocycles. The van der Waals surface area contributed by atoms with E-state index in [-0.39, 0.29) is 12.5 Å². The summed E-state index contributed by atoms with van der Waals surface area (Å²) in [6, 6.07) is 17.1. The fraction of sp³-hybridized carbons (Fsp3) is 0.238. The van der Waals surface area contributed by atoms with Crippen molar-refractivity contribution in [1.82, 2.24) is 14.7 Å². The smallest absolute Gasteiger partial charge is 0.253 e. The Bertz CT molecular complexity index is 913. The first-order valence-corrected chi connectivity index (χ1v) is 8.56. The summed E-state index contributed by atoms with van der Waals surface area (Å²) < 4.78 is 1.91. The van der Waals surface area contributed by atoms with Gasteiger partial charge in [0.05, 0.1) is 18.0 Å². The number of hydrogen-bond acceptors (Lipinski definition) is 3. The Balaban J connectivity index is 1.76. The van der Waals surface area contributed by atoms with Crippen LogP contribution in [0.1, 0.15) is 32.9 Å². The third-order valence-electron chi connectivity index (χ3n) is 4.31. The summed E-state index contributed by atoms with van der Waals surface area (Å²) in [6.07, 6.45) is 0. The van der Waals surface area contributed by atoms with Crippen LogP contribution in [-0.2, 0) is 13.2 Å². The molecule has 0 atom stereocenters. The first-order valence-electron chi connectivity index (χ1n) is 8.56. The van der Waals surface area contributed by atoms with Gasteiger partial charge in [0, 0.05) is 24.8 Å². The highest BCUT2D eigenvalue weighted by atomic mass is 16.3. The Morgan fingerprint density at radius 2 is 1.81 bits per heavy atom. The molecule has 0 fully saturated rings. The van der Waals surface area contributed by atoms with E-state index in [9.17, 15) is 4.79 Å². The highest BCUT2D eigenvalue weighted by Gasteiger charge is 2.13. The number of aliphatic hydroxyl groups is 1. The van der Waals surface area contributed by atoms with Gasteiger partial charge in [0.15, 0.2) is 0 Å². The van der Waals surface area contributed by atoms with Gasteiger partial charge >= 0.3 is 0 Å². The third kappa shape index (κ3) is 3.83. The minimum absolute atomic E-state index is 0.0244. The summed E-state index contributed by atoms with van der Waals surface area (Å²) >= 11 is 0. The molecule has 0 radical (unpaired) electrons. The number of nitrogens with zero attached hydrogens (tertiary/aromatic N) is 3. The lowest BCUT2D eigenvalue weighted by Crippen LogP contribution is -2.26. The van der Waals surface area contributed by atoms with Crippen molar-refractivity contribution in [1.29, 1.82) is 0 Å². The topological polar surface area (TPSA) is 58.4 Å². The monoisotopic (exact) mass is 349 g/mol. The molecule has 134 valence electrons. The number of aromatic nitrogens is 2. The summed E-state index contributed by atoms with van der Waals surface area (Å²) in [5.41, 5.74) is 5.49. The number of benzene rings is 2. The molecule has 1 heterocycles. The molecule has 0 aliphatic carbocycles. The van der Waals surface area contributed by atoms with Crippen LogP contribution < -0.4 is 0 Å². The Hall–Kier alpha value is -2.92. The van der Waals surface area contributed by atoms with Crippen molar-refractivity contribution in [2.24, 2.45) is 0 Å². The van der Waals surface area contributed by atoms with E-state index >= 15 is 0 Å². The molecule has 0 aliphatic rings. The maximum absolute atomic E-state index is 12.6. The van der Waals surface area contributed by atoms with Crippen LogP contribution in [0.5, 0.6) is 0 Å². The van der Waals surface area contributed by atoms with Gasteiger partial charge in [-0.15, -0.1) is 0 Å². The molecule has 5 heteroatoms. The van der Waals surface area contributed by atoms with Gasteiger partial charge in [-0.05, 0) is 55.3 Å². The molecule has 1 N–H and O–H groups in total. The van der Waals surface area contributed by atoms with Gasteiger partial charge in [-0.2, -0.15) is 5.10 Å². The van der Waals surface area contributed by atoms with E-state index in [0.717, 1.165) is 28.2 Å². The quantitative estimate of drug-likeness (QED) is 0.769. The van der Waals surface area contributed by atoms with Gasteiger partial charge in [-0.25, -0.2) is 4.68 Å². The minimum atomic E-state index is -0.0500. The second-order valence-corrected chi connectivity index (χ2v) is 6.53. The lowest BCUT2D eigenvalue weighted by Gasteiger charge is -2.18. The van der Waals surface area contributed by atoms with Gasteiger partial charge in [-0.3, -0.25) is 4.79 Å². The zero-order valence-corrected chi connectivity index (χ0v) is 15.3. The highest BCUT2D eigenvalue weighted by Crippen LogP contribution is 2.16. The van der Waals surface area contributed by atoms with Crippen molar-refractivity contribution in [2.45, 2.75) is 27.0 Å². The zero-order valence-electron chi connectivity index (χ0n) is 15.3. The molecule has 3 rings (SSSR count). The van der Waals surface area contributed by atoms with Crippen molar-refractivity contribution >= 4 is 5.91 Å². The predicted molar refractivity (Wildman–Crippen MR) is 101 cm³/mol. The number of carbonyl (C=O) groups is 1. The van der Waals surface area contributed by atoms with Crippen LogP contribution in [0.4, 0.5) is 0 Å². The molecule has 3 aromatic rings. The van der Waals surface area contributed by atoms with E-state index < -0.39 is 0 Å². The number of rotatable bonds is 5. The maximum atomic E-state index is 12.6. The summed E-state index contributed by atoms with van der Waals surface area (Å²) in [6.45, 7) is 4.48. The minimum Gasteiger partial charge on any atom is -0.392 e. The van der Waals surface area contributed by atoms with Crippen LogP contribution in [0.15, 0.2) is 54.6 Å². The second kappa shape index (κ2) is 7.54. The molecule has 26 heavy (non-hydrogen) atoms.